The molecule has 1 rings (SSSR count). The van der Waals surface area contributed by atoms with E-state index >= 15 is 0 Å². The van der Waals surface area contributed by atoms with E-state index in [1.54, 1.807) is 11.3 Å². The number of nitrogens with one attached hydrogen (secondary N) is 1. The van der Waals surface area contributed by atoms with Crippen LogP contribution in [0.25, 0.3) is 0 Å². The fraction of sp³-hybridized carbons (Fsp3) is 0.765. The van der Waals surface area contributed by atoms with Gasteiger partial charge in [-0.25, -0.2) is 9.78 Å². The second-order valence-corrected chi connectivity index (χ2v) is 7.08. The highest BCUT2D eigenvalue weighted by molar-refractivity contribution is 7.11. The Morgan fingerprint density at radius 1 is 1.14 bits per heavy atom. The first-order valence-corrected chi connectivity index (χ1v) is 9.28. The van der Waals surface area contributed by atoms with Crippen LogP contribution in [0.2, 0.25) is 0 Å². The van der Waals surface area contributed by atoms with Crippen molar-refractivity contribution in [3.63, 3.8) is 0 Å². The summed E-state index contributed by atoms with van der Waals surface area (Å²) >= 11 is 1.69. The van der Waals surface area contributed by atoms with Crippen molar-refractivity contribution in [3.8, 4) is 0 Å². The molecule has 0 bridgehead atoms. The quantitative estimate of drug-likeness (QED) is 0.595. The third-order valence-corrected chi connectivity index (χ3v) is 4.55. The highest BCUT2D eigenvalue weighted by Gasteiger charge is 2.06. The molecular formula is C17H30N2O2S. The van der Waals surface area contributed by atoms with Gasteiger partial charge in [-0.15, -0.1) is 11.3 Å². The molecule has 0 aliphatic carbocycles. The Bertz CT molecular complexity index is 432. The van der Waals surface area contributed by atoms with E-state index in [1.807, 2.05) is 6.92 Å². The highest BCUT2D eigenvalue weighted by atomic mass is 32.1. The number of carbonyl (C=O) groups excluding carboxylic acids is 1. The maximum Gasteiger partial charge on any atom is 0.407 e. The number of rotatable bonds is 11. The Morgan fingerprint density at radius 2 is 1.82 bits per heavy atom. The van der Waals surface area contributed by atoms with E-state index < -0.39 is 0 Å². The number of thiazole rings is 1. The normalized spacial score (nSPS) is 10.7. The maximum absolute atomic E-state index is 11.5. The molecule has 0 saturated carbocycles. The summed E-state index contributed by atoms with van der Waals surface area (Å²) in [5.74, 6) is 0. The van der Waals surface area contributed by atoms with Gasteiger partial charge in [0.05, 0.1) is 17.3 Å². The number of ether oxygens (including phenoxy) is 1. The summed E-state index contributed by atoms with van der Waals surface area (Å²) in [6.07, 6.45) is 9.13. The van der Waals surface area contributed by atoms with E-state index in [1.165, 1.54) is 43.4 Å². The summed E-state index contributed by atoms with van der Waals surface area (Å²) in [6, 6.07) is 0. The third-order valence-electron chi connectivity index (χ3n) is 3.62. The lowest BCUT2D eigenvalue weighted by atomic mass is 10.1. The number of amides is 1. The highest BCUT2D eigenvalue weighted by Crippen LogP contribution is 2.16. The van der Waals surface area contributed by atoms with Gasteiger partial charge in [-0.2, -0.15) is 0 Å². The smallest absolute Gasteiger partial charge is 0.407 e. The molecule has 0 aliphatic rings. The Morgan fingerprint density at radius 3 is 2.45 bits per heavy atom. The second-order valence-electron chi connectivity index (χ2n) is 5.67. The maximum atomic E-state index is 11.5. The molecule has 0 unspecified atom stereocenters. The number of hydrogen-bond donors (Lipinski definition) is 1. The van der Waals surface area contributed by atoms with Crippen molar-refractivity contribution in [2.24, 2.45) is 0 Å². The van der Waals surface area contributed by atoms with Crippen LogP contribution >= 0.6 is 11.3 Å². The van der Waals surface area contributed by atoms with Crippen molar-refractivity contribution < 1.29 is 9.53 Å². The van der Waals surface area contributed by atoms with Crippen LogP contribution in [0.15, 0.2) is 0 Å². The SMILES string of the molecule is CCCCCCCCCNC(=O)OCCc1nc(C)sc1C. The van der Waals surface area contributed by atoms with Gasteiger partial charge in [0.25, 0.3) is 0 Å². The summed E-state index contributed by atoms with van der Waals surface area (Å²) in [5, 5.41) is 3.88. The lowest BCUT2D eigenvalue weighted by Crippen LogP contribution is -2.26. The van der Waals surface area contributed by atoms with Gasteiger partial charge in [0.15, 0.2) is 0 Å². The van der Waals surface area contributed by atoms with Gasteiger partial charge >= 0.3 is 6.09 Å². The van der Waals surface area contributed by atoms with Gasteiger partial charge in [-0.1, -0.05) is 45.4 Å². The Labute approximate surface area is 138 Å². The molecule has 126 valence electrons. The molecule has 0 saturated heterocycles. The average molecular weight is 327 g/mol. The van der Waals surface area contributed by atoms with E-state index in [2.05, 4.69) is 24.1 Å². The third kappa shape index (κ3) is 8.37. The van der Waals surface area contributed by atoms with E-state index in [0.29, 0.717) is 19.6 Å². The van der Waals surface area contributed by atoms with Gasteiger partial charge in [0.2, 0.25) is 0 Å². The number of aryl methyl sites for hydroxylation is 2. The second kappa shape index (κ2) is 11.5. The zero-order valence-electron chi connectivity index (χ0n) is 14.2. The number of alkyl carbamates (subject to hydrolysis) is 1. The molecule has 0 radical (unpaired) electrons. The lowest BCUT2D eigenvalue weighted by molar-refractivity contribution is 0.147. The summed E-state index contributed by atoms with van der Waals surface area (Å²) in [6.45, 7) is 7.39. The van der Waals surface area contributed by atoms with Crippen LogP contribution in [0.1, 0.15) is 67.4 Å². The zero-order valence-corrected chi connectivity index (χ0v) is 15.1. The van der Waals surface area contributed by atoms with Crippen LogP contribution in [0, 0.1) is 13.8 Å². The molecule has 0 atom stereocenters. The first-order valence-electron chi connectivity index (χ1n) is 8.47. The molecule has 0 fully saturated rings. The van der Waals surface area contributed by atoms with E-state index in [-0.39, 0.29) is 6.09 Å². The van der Waals surface area contributed by atoms with Crippen LogP contribution in [0.3, 0.4) is 0 Å². The van der Waals surface area contributed by atoms with Gasteiger partial charge in [0, 0.05) is 17.8 Å². The zero-order chi connectivity index (χ0) is 16.2. The predicted octanol–water partition coefficient (Wildman–Crippen LogP) is 4.78. The molecular weight excluding hydrogens is 296 g/mol. The van der Waals surface area contributed by atoms with Crippen LogP contribution in [0.4, 0.5) is 4.79 Å². The summed E-state index contributed by atoms with van der Waals surface area (Å²) < 4.78 is 5.18. The van der Waals surface area contributed by atoms with E-state index in [4.69, 9.17) is 4.74 Å². The Kier molecular flexibility index (Phi) is 9.87. The molecule has 0 aliphatic heterocycles. The van der Waals surface area contributed by atoms with Crippen molar-refractivity contribution >= 4 is 17.4 Å². The molecule has 1 aromatic heterocycles. The molecule has 0 spiro atoms. The Hall–Kier alpha value is -1.10. The topological polar surface area (TPSA) is 51.2 Å². The van der Waals surface area contributed by atoms with Crippen LogP contribution < -0.4 is 5.32 Å². The van der Waals surface area contributed by atoms with Crippen LogP contribution in [0.5, 0.6) is 0 Å². The van der Waals surface area contributed by atoms with Crippen molar-refractivity contribution in [1.29, 1.82) is 0 Å². The first kappa shape index (κ1) is 18.9. The number of carbonyl (C=O) groups is 1. The van der Waals surface area contributed by atoms with Gasteiger partial charge in [0.1, 0.15) is 0 Å². The van der Waals surface area contributed by atoms with Crippen LogP contribution in [-0.2, 0) is 11.2 Å². The molecule has 1 heterocycles. The summed E-state index contributed by atoms with van der Waals surface area (Å²) in [4.78, 5) is 17.2. The minimum Gasteiger partial charge on any atom is -0.449 e. The standard InChI is InChI=1S/C17H30N2O2S/c1-4-5-6-7-8-9-10-12-18-17(20)21-13-11-16-14(2)22-15(3)19-16/h4-13H2,1-3H3,(H,18,20). The molecule has 5 heteroatoms. The first-order chi connectivity index (χ1) is 10.6. The largest absolute Gasteiger partial charge is 0.449 e. The van der Waals surface area contributed by atoms with E-state index in [0.717, 1.165) is 17.1 Å². The van der Waals surface area contributed by atoms with Crippen LogP contribution in [-0.4, -0.2) is 24.2 Å². The lowest BCUT2D eigenvalue weighted by Gasteiger charge is -2.06. The predicted molar refractivity (Wildman–Crippen MR) is 92.6 cm³/mol. The minimum absolute atomic E-state index is 0.310. The molecule has 1 amide bonds. The molecule has 0 aromatic carbocycles. The van der Waals surface area contributed by atoms with Crippen molar-refractivity contribution in [2.45, 2.75) is 72.1 Å². The van der Waals surface area contributed by atoms with Crippen molar-refractivity contribution in [1.82, 2.24) is 10.3 Å². The summed E-state index contributed by atoms with van der Waals surface area (Å²) in [7, 11) is 0. The number of nitrogens with zero attached hydrogens (tertiary/aromatic N) is 1. The number of aromatic nitrogens is 1. The molecule has 22 heavy (non-hydrogen) atoms. The fourth-order valence-corrected chi connectivity index (χ4v) is 3.23. The minimum atomic E-state index is -0.310. The van der Waals surface area contributed by atoms with E-state index in [9.17, 15) is 4.79 Å². The van der Waals surface area contributed by atoms with Gasteiger partial charge in [-0.3, -0.25) is 0 Å². The van der Waals surface area contributed by atoms with Gasteiger partial charge in [-0.05, 0) is 20.3 Å². The monoisotopic (exact) mass is 326 g/mol. The molecule has 1 aromatic rings. The van der Waals surface area contributed by atoms with Crippen molar-refractivity contribution in [2.75, 3.05) is 13.2 Å². The summed E-state index contributed by atoms with van der Waals surface area (Å²) in [5.41, 5.74) is 1.04. The average Bonchev–Trinajstić information content (AvgIpc) is 2.80. The molecule has 1 N–H and O–H groups in total. The molecule has 4 nitrogen and oxygen atoms in total. The van der Waals surface area contributed by atoms with Gasteiger partial charge < -0.3 is 10.1 Å². The Balaban J connectivity index is 1.96. The number of unbranched alkanes of at least 4 members (excludes halogenated alkanes) is 6. The van der Waals surface area contributed by atoms with Crippen molar-refractivity contribution in [3.05, 3.63) is 15.6 Å². The fourth-order valence-electron chi connectivity index (χ4n) is 2.37. The number of hydrogen-bond acceptors (Lipinski definition) is 4.